The van der Waals surface area contributed by atoms with Crippen LogP contribution in [0.5, 0.6) is 0 Å². The Bertz CT molecular complexity index is 473. The van der Waals surface area contributed by atoms with Crippen molar-refractivity contribution < 1.29 is 19.1 Å². The number of carboxylic acids is 1. The number of carbonyl (C=O) groups is 2. The summed E-state index contributed by atoms with van der Waals surface area (Å²) in [4.78, 5) is 23.9. The Morgan fingerprint density at radius 2 is 2.06 bits per heavy atom. The van der Waals surface area contributed by atoms with E-state index in [1.807, 2.05) is 0 Å². The van der Waals surface area contributed by atoms with Gasteiger partial charge < -0.3 is 10.0 Å². The van der Waals surface area contributed by atoms with Crippen molar-refractivity contribution in [3.8, 4) is 0 Å². The molecule has 0 aromatic heterocycles. The van der Waals surface area contributed by atoms with Crippen LogP contribution in [-0.4, -0.2) is 35.5 Å². The van der Waals surface area contributed by atoms with Gasteiger partial charge in [-0.25, -0.2) is 4.39 Å². The molecular weight excluding hydrogens is 237 g/mol. The van der Waals surface area contributed by atoms with Gasteiger partial charge in [0.05, 0.1) is 11.5 Å². The first-order valence-corrected chi connectivity index (χ1v) is 5.58. The summed E-state index contributed by atoms with van der Waals surface area (Å²) in [6, 6.07) is 4.57. The predicted molar refractivity (Wildman–Crippen MR) is 64.9 cm³/mol. The molecule has 1 amide bonds. The molecule has 1 N–H and O–H groups in total. The molecule has 0 radical (unpaired) electrons. The van der Waals surface area contributed by atoms with Gasteiger partial charge in [-0.05, 0) is 18.6 Å². The second-order valence-corrected chi connectivity index (χ2v) is 4.36. The predicted octanol–water partition coefficient (Wildman–Crippen LogP) is 1.93. The van der Waals surface area contributed by atoms with Gasteiger partial charge in [-0.15, -0.1) is 0 Å². The maximum atomic E-state index is 13.7. The van der Waals surface area contributed by atoms with Crippen LogP contribution in [0.25, 0.3) is 0 Å². The molecule has 0 spiro atoms. The molecule has 0 heterocycles. The van der Waals surface area contributed by atoms with Crippen molar-refractivity contribution in [3.05, 3.63) is 35.1 Å². The molecule has 98 valence electrons. The minimum atomic E-state index is -0.987. The highest BCUT2D eigenvalue weighted by molar-refractivity contribution is 5.94. The smallest absolute Gasteiger partial charge is 0.308 e. The Labute approximate surface area is 105 Å². The lowest BCUT2D eigenvalue weighted by Gasteiger charge is -2.20. The summed E-state index contributed by atoms with van der Waals surface area (Å²) in [6.45, 7) is 3.12. The van der Waals surface area contributed by atoms with Crippen LogP contribution in [0.1, 0.15) is 22.8 Å². The SMILES string of the molecule is Cc1cccc(C(=O)N(C)CC(C)C(=O)O)c1F. The molecular formula is C13H16FNO3. The van der Waals surface area contributed by atoms with Gasteiger partial charge >= 0.3 is 5.97 Å². The van der Waals surface area contributed by atoms with Gasteiger partial charge in [0.25, 0.3) is 5.91 Å². The fraction of sp³-hybridized carbons (Fsp3) is 0.385. The van der Waals surface area contributed by atoms with E-state index in [-0.39, 0.29) is 12.1 Å². The van der Waals surface area contributed by atoms with Crippen LogP contribution >= 0.6 is 0 Å². The third-order valence-electron chi connectivity index (χ3n) is 2.74. The lowest BCUT2D eigenvalue weighted by atomic mass is 10.1. The van der Waals surface area contributed by atoms with Gasteiger partial charge in [0.1, 0.15) is 5.82 Å². The number of carbonyl (C=O) groups excluding carboxylic acids is 1. The van der Waals surface area contributed by atoms with Gasteiger partial charge in [-0.1, -0.05) is 19.1 Å². The minimum Gasteiger partial charge on any atom is -0.481 e. The number of benzene rings is 1. The maximum Gasteiger partial charge on any atom is 0.308 e. The average Bonchev–Trinajstić information content (AvgIpc) is 2.31. The fourth-order valence-corrected chi connectivity index (χ4v) is 1.59. The molecule has 0 fully saturated rings. The Kier molecular flexibility index (Phi) is 4.42. The monoisotopic (exact) mass is 253 g/mol. The first-order valence-electron chi connectivity index (χ1n) is 5.58. The number of aliphatic carboxylic acids is 1. The van der Waals surface area contributed by atoms with E-state index in [9.17, 15) is 14.0 Å². The highest BCUT2D eigenvalue weighted by Crippen LogP contribution is 2.14. The molecule has 0 saturated carbocycles. The van der Waals surface area contributed by atoms with E-state index in [0.29, 0.717) is 5.56 Å². The van der Waals surface area contributed by atoms with Crippen molar-refractivity contribution >= 4 is 11.9 Å². The van der Waals surface area contributed by atoms with Crippen LogP contribution in [0.4, 0.5) is 4.39 Å². The van der Waals surface area contributed by atoms with E-state index in [2.05, 4.69) is 0 Å². The van der Waals surface area contributed by atoms with Crippen molar-refractivity contribution in [1.29, 1.82) is 0 Å². The van der Waals surface area contributed by atoms with E-state index in [0.717, 1.165) is 0 Å². The van der Waals surface area contributed by atoms with Crippen LogP contribution in [0, 0.1) is 18.7 Å². The topological polar surface area (TPSA) is 57.6 Å². The first kappa shape index (κ1) is 14.2. The zero-order valence-electron chi connectivity index (χ0n) is 10.6. The van der Waals surface area contributed by atoms with Gasteiger partial charge in [-0.3, -0.25) is 9.59 Å². The largest absolute Gasteiger partial charge is 0.481 e. The van der Waals surface area contributed by atoms with Gasteiger partial charge in [0, 0.05) is 13.6 Å². The second-order valence-electron chi connectivity index (χ2n) is 4.36. The van der Waals surface area contributed by atoms with Crippen LogP contribution in [0.3, 0.4) is 0 Å². The Balaban J connectivity index is 2.87. The molecule has 4 nitrogen and oxygen atoms in total. The molecule has 0 aliphatic rings. The van der Waals surface area contributed by atoms with Gasteiger partial charge in [0.2, 0.25) is 0 Å². The second kappa shape index (κ2) is 5.62. The third-order valence-corrected chi connectivity index (χ3v) is 2.74. The van der Waals surface area contributed by atoms with Crippen molar-refractivity contribution in [2.24, 2.45) is 5.92 Å². The van der Waals surface area contributed by atoms with E-state index in [1.54, 1.807) is 19.1 Å². The van der Waals surface area contributed by atoms with Crippen molar-refractivity contribution in [2.45, 2.75) is 13.8 Å². The van der Waals surface area contributed by atoms with Crippen molar-refractivity contribution in [2.75, 3.05) is 13.6 Å². The summed E-state index contributed by atoms with van der Waals surface area (Å²) in [5, 5.41) is 8.77. The number of hydrogen-bond donors (Lipinski definition) is 1. The Hall–Kier alpha value is -1.91. The third kappa shape index (κ3) is 3.06. The highest BCUT2D eigenvalue weighted by Gasteiger charge is 2.21. The number of nitrogens with zero attached hydrogens (tertiary/aromatic N) is 1. The fourth-order valence-electron chi connectivity index (χ4n) is 1.59. The van der Waals surface area contributed by atoms with Gasteiger partial charge in [-0.2, -0.15) is 0 Å². The number of halogens is 1. The Morgan fingerprint density at radius 1 is 1.44 bits per heavy atom. The van der Waals surface area contributed by atoms with Crippen LogP contribution in [-0.2, 0) is 4.79 Å². The first-order chi connectivity index (χ1) is 8.34. The number of aryl methyl sites for hydroxylation is 1. The number of rotatable bonds is 4. The lowest BCUT2D eigenvalue weighted by molar-refractivity contribution is -0.141. The summed E-state index contributed by atoms with van der Waals surface area (Å²) in [6.07, 6.45) is 0. The summed E-state index contributed by atoms with van der Waals surface area (Å²) in [5.74, 6) is -2.74. The molecule has 0 saturated heterocycles. The summed E-state index contributed by atoms with van der Waals surface area (Å²) < 4.78 is 13.7. The molecule has 1 rings (SSSR count). The quantitative estimate of drug-likeness (QED) is 0.892. The highest BCUT2D eigenvalue weighted by atomic mass is 19.1. The standard InChI is InChI=1S/C13H16FNO3/c1-8-5-4-6-10(11(8)14)12(16)15(3)7-9(2)13(17)18/h4-6,9H,7H2,1-3H3,(H,17,18). The lowest BCUT2D eigenvalue weighted by Crippen LogP contribution is -2.34. The minimum absolute atomic E-state index is 0.0323. The molecule has 1 aromatic rings. The zero-order chi connectivity index (χ0) is 13.9. The van der Waals surface area contributed by atoms with E-state index in [4.69, 9.17) is 5.11 Å². The molecule has 0 aliphatic heterocycles. The molecule has 0 bridgehead atoms. The summed E-state index contributed by atoms with van der Waals surface area (Å²) in [7, 11) is 1.46. The number of carboxylic acid groups (broad SMARTS) is 1. The van der Waals surface area contributed by atoms with E-state index < -0.39 is 23.6 Å². The summed E-state index contributed by atoms with van der Waals surface area (Å²) >= 11 is 0. The maximum absolute atomic E-state index is 13.7. The van der Waals surface area contributed by atoms with Gasteiger partial charge in [0.15, 0.2) is 0 Å². The van der Waals surface area contributed by atoms with Crippen molar-refractivity contribution in [3.63, 3.8) is 0 Å². The summed E-state index contributed by atoms with van der Waals surface area (Å²) in [5.41, 5.74) is 0.357. The average molecular weight is 253 g/mol. The van der Waals surface area contributed by atoms with Crippen molar-refractivity contribution in [1.82, 2.24) is 4.90 Å². The molecule has 1 aromatic carbocycles. The van der Waals surface area contributed by atoms with Crippen LogP contribution < -0.4 is 0 Å². The Morgan fingerprint density at radius 3 is 2.61 bits per heavy atom. The normalized spacial score (nSPS) is 12.0. The zero-order valence-corrected chi connectivity index (χ0v) is 10.6. The molecule has 18 heavy (non-hydrogen) atoms. The molecule has 1 atom stereocenters. The van der Waals surface area contributed by atoms with E-state index in [1.165, 1.54) is 24.9 Å². The molecule has 0 aliphatic carbocycles. The van der Waals surface area contributed by atoms with Crippen LogP contribution in [0.15, 0.2) is 18.2 Å². The van der Waals surface area contributed by atoms with Crippen LogP contribution in [0.2, 0.25) is 0 Å². The number of hydrogen-bond acceptors (Lipinski definition) is 2. The number of amides is 1. The molecule has 5 heteroatoms. The molecule has 1 unspecified atom stereocenters. The van der Waals surface area contributed by atoms with E-state index >= 15 is 0 Å².